The molecular weight excluding hydrogens is 226 g/mol. The first-order valence-corrected chi connectivity index (χ1v) is 6.58. The lowest BCUT2D eigenvalue weighted by Gasteiger charge is -2.34. The van der Waals surface area contributed by atoms with Crippen LogP contribution in [0.1, 0.15) is 37.0 Å². The third-order valence-corrected chi connectivity index (χ3v) is 3.85. The molecule has 4 nitrogen and oxygen atoms in total. The summed E-state index contributed by atoms with van der Waals surface area (Å²) in [7, 11) is 0. The quantitative estimate of drug-likeness (QED) is 0.871. The Labute approximate surface area is 108 Å². The number of amides is 1. The average molecular weight is 247 g/mol. The Morgan fingerprint density at radius 2 is 2.11 bits per heavy atom. The molecule has 2 N–H and O–H groups in total. The molecule has 18 heavy (non-hydrogen) atoms. The van der Waals surface area contributed by atoms with Crippen LogP contribution in [0.25, 0.3) is 0 Å². The maximum atomic E-state index is 12.3. The van der Waals surface area contributed by atoms with Crippen LogP contribution in [0.15, 0.2) is 18.5 Å². The number of nitrogens with two attached hydrogens (primary N) is 1. The molecule has 0 bridgehead atoms. The van der Waals surface area contributed by atoms with Gasteiger partial charge in [-0.15, -0.1) is 0 Å². The first kappa shape index (κ1) is 12.9. The van der Waals surface area contributed by atoms with E-state index in [9.17, 15) is 4.79 Å². The Morgan fingerprint density at radius 1 is 1.44 bits per heavy atom. The van der Waals surface area contributed by atoms with Crippen LogP contribution >= 0.6 is 0 Å². The summed E-state index contributed by atoms with van der Waals surface area (Å²) < 4.78 is 0. The number of aromatic nitrogens is 1. The number of pyridine rings is 1. The van der Waals surface area contributed by atoms with E-state index < -0.39 is 0 Å². The number of nitrogens with zero attached hydrogens (tertiary/aromatic N) is 2. The molecular formula is C14H21N3O. The van der Waals surface area contributed by atoms with Gasteiger partial charge >= 0.3 is 0 Å². The second-order valence-corrected chi connectivity index (χ2v) is 5.34. The molecule has 2 heterocycles. The van der Waals surface area contributed by atoms with Gasteiger partial charge in [-0.1, -0.05) is 13.8 Å². The molecule has 0 aliphatic carbocycles. The van der Waals surface area contributed by atoms with Crippen LogP contribution in [-0.4, -0.2) is 28.9 Å². The fourth-order valence-electron chi connectivity index (χ4n) is 2.52. The highest BCUT2D eigenvalue weighted by Gasteiger charge is 2.26. The second kappa shape index (κ2) is 5.38. The second-order valence-electron chi connectivity index (χ2n) is 5.34. The maximum absolute atomic E-state index is 12.3. The minimum absolute atomic E-state index is 0.0165. The van der Waals surface area contributed by atoms with Crippen LogP contribution in [0.2, 0.25) is 0 Å². The third kappa shape index (κ3) is 2.63. The number of likely N-dealkylation sites (tertiary alicyclic amines) is 1. The fraction of sp³-hybridized carbons (Fsp3) is 0.571. The van der Waals surface area contributed by atoms with Crippen molar-refractivity contribution in [1.29, 1.82) is 0 Å². The van der Waals surface area contributed by atoms with Gasteiger partial charge in [-0.3, -0.25) is 9.78 Å². The summed E-state index contributed by atoms with van der Waals surface area (Å²) >= 11 is 0. The standard InChI is InChI=1S/C14H21N3O/c1-10(2)11-4-7-17(8-5-11)14(18)12-9-16-6-3-13(12)15/h3,6,9-11H,4-5,7-8H2,1-2H3,(H2,15,16). The molecule has 4 heteroatoms. The molecule has 0 atom stereocenters. The minimum Gasteiger partial charge on any atom is -0.398 e. The van der Waals surface area contributed by atoms with Gasteiger partial charge in [0.15, 0.2) is 0 Å². The van der Waals surface area contributed by atoms with Crippen molar-refractivity contribution in [2.45, 2.75) is 26.7 Å². The lowest BCUT2D eigenvalue weighted by atomic mass is 9.86. The van der Waals surface area contributed by atoms with Gasteiger partial charge in [-0.2, -0.15) is 0 Å². The Morgan fingerprint density at radius 3 is 2.67 bits per heavy atom. The topological polar surface area (TPSA) is 59.2 Å². The van der Waals surface area contributed by atoms with E-state index in [0.29, 0.717) is 17.2 Å². The van der Waals surface area contributed by atoms with Crippen molar-refractivity contribution >= 4 is 11.6 Å². The van der Waals surface area contributed by atoms with E-state index in [4.69, 9.17) is 5.73 Å². The number of piperidine rings is 1. The van der Waals surface area contributed by atoms with Gasteiger partial charge in [0.1, 0.15) is 0 Å². The van der Waals surface area contributed by atoms with E-state index in [1.54, 1.807) is 18.5 Å². The van der Waals surface area contributed by atoms with Gasteiger partial charge < -0.3 is 10.6 Å². The predicted molar refractivity (Wildman–Crippen MR) is 72.1 cm³/mol. The van der Waals surface area contributed by atoms with E-state index in [0.717, 1.165) is 31.8 Å². The number of nitrogen functional groups attached to an aromatic ring is 1. The number of rotatable bonds is 2. The third-order valence-electron chi connectivity index (χ3n) is 3.85. The highest BCUT2D eigenvalue weighted by molar-refractivity contribution is 5.98. The molecule has 1 fully saturated rings. The van der Waals surface area contributed by atoms with Gasteiger partial charge in [0, 0.05) is 31.2 Å². The molecule has 1 aromatic rings. The Bertz CT molecular complexity index is 423. The first-order valence-electron chi connectivity index (χ1n) is 6.58. The van der Waals surface area contributed by atoms with E-state index >= 15 is 0 Å². The molecule has 0 spiro atoms. The summed E-state index contributed by atoms with van der Waals surface area (Å²) in [6.07, 6.45) is 5.34. The molecule has 1 amide bonds. The maximum Gasteiger partial charge on any atom is 0.257 e. The SMILES string of the molecule is CC(C)C1CCN(C(=O)c2cnccc2N)CC1. The van der Waals surface area contributed by atoms with Crippen LogP contribution in [0, 0.1) is 11.8 Å². The molecule has 1 aromatic heterocycles. The highest BCUT2D eigenvalue weighted by Crippen LogP contribution is 2.25. The monoisotopic (exact) mass is 247 g/mol. The molecule has 2 rings (SSSR count). The van der Waals surface area contributed by atoms with Crippen LogP contribution in [0.4, 0.5) is 5.69 Å². The van der Waals surface area contributed by atoms with E-state index in [2.05, 4.69) is 18.8 Å². The van der Waals surface area contributed by atoms with Gasteiger partial charge in [0.2, 0.25) is 0 Å². The van der Waals surface area contributed by atoms with Gasteiger partial charge in [-0.25, -0.2) is 0 Å². The summed E-state index contributed by atoms with van der Waals surface area (Å²) in [5, 5.41) is 0. The number of carbonyl (C=O) groups excluding carboxylic acids is 1. The number of carbonyl (C=O) groups is 1. The van der Waals surface area contributed by atoms with Gasteiger partial charge in [0.25, 0.3) is 5.91 Å². The van der Waals surface area contributed by atoms with Gasteiger partial charge in [0.05, 0.1) is 5.56 Å². The molecule has 1 aliphatic rings. The lowest BCUT2D eigenvalue weighted by molar-refractivity contribution is 0.0668. The summed E-state index contributed by atoms with van der Waals surface area (Å²) in [4.78, 5) is 18.2. The Hall–Kier alpha value is -1.58. The molecule has 98 valence electrons. The molecule has 0 radical (unpaired) electrons. The smallest absolute Gasteiger partial charge is 0.257 e. The predicted octanol–water partition coefficient (Wildman–Crippen LogP) is 2.17. The largest absolute Gasteiger partial charge is 0.398 e. The minimum atomic E-state index is 0.0165. The first-order chi connectivity index (χ1) is 8.59. The number of hydrogen-bond donors (Lipinski definition) is 1. The van der Waals surface area contributed by atoms with Gasteiger partial charge in [-0.05, 0) is 30.7 Å². The summed E-state index contributed by atoms with van der Waals surface area (Å²) in [5.41, 5.74) is 6.86. The van der Waals surface area contributed by atoms with Crippen LogP contribution < -0.4 is 5.73 Å². The zero-order chi connectivity index (χ0) is 13.1. The molecule has 0 saturated carbocycles. The van der Waals surface area contributed by atoms with E-state index in [1.165, 1.54) is 0 Å². The summed E-state index contributed by atoms with van der Waals surface area (Å²) in [6, 6.07) is 1.67. The normalized spacial score (nSPS) is 17.2. The molecule has 0 unspecified atom stereocenters. The van der Waals surface area contributed by atoms with E-state index in [1.807, 2.05) is 4.90 Å². The van der Waals surface area contributed by atoms with Crippen molar-refractivity contribution in [3.8, 4) is 0 Å². The van der Waals surface area contributed by atoms with Crippen molar-refractivity contribution in [3.05, 3.63) is 24.0 Å². The summed E-state index contributed by atoms with van der Waals surface area (Å²) in [5.74, 6) is 1.45. The Kier molecular flexibility index (Phi) is 3.84. The Balaban J connectivity index is 2.02. The van der Waals surface area contributed by atoms with Crippen molar-refractivity contribution in [2.24, 2.45) is 11.8 Å². The van der Waals surface area contributed by atoms with Crippen molar-refractivity contribution in [1.82, 2.24) is 9.88 Å². The highest BCUT2D eigenvalue weighted by atomic mass is 16.2. The fourth-order valence-corrected chi connectivity index (χ4v) is 2.52. The zero-order valence-corrected chi connectivity index (χ0v) is 11.1. The number of anilines is 1. The average Bonchev–Trinajstić information content (AvgIpc) is 2.38. The van der Waals surface area contributed by atoms with Crippen molar-refractivity contribution in [2.75, 3.05) is 18.8 Å². The molecule has 1 aliphatic heterocycles. The van der Waals surface area contributed by atoms with Crippen molar-refractivity contribution < 1.29 is 4.79 Å². The van der Waals surface area contributed by atoms with E-state index in [-0.39, 0.29) is 5.91 Å². The zero-order valence-electron chi connectivity index (χ0n) is 11.1. The molecule has 1 saturated heterocycles. The van der Waals surface area contributed by atoms with Crippen molar-refractivity contribution in [3.63, 3.8) is 0 Å². The summed E-state index contributed by atoms with van der Waals surface area (Å²) in [6.45, 7) is 6.16. The molecule has 0 aromatic carbocycles. The van der Waals surface area contributed by atoms with Crippen LogP contribution in [0.5, 0.6) is 0 Å². The van der Waals surface area contributed by atoms with Crippen LogP contribution in [-0.2, 0) is 0 Å². The number of hydrogen-bond acceptors (Lipinski definition) is 3. The van der Waals surface area contributed by atoms with Crippen LogP contribution in [0.3, 0.4) is 0 Å². The lowest BCUT2D eigenvalue weighted by Crippen LogP contribution is -2.39.